The second-order valence-corrected chi connectivity index (χ2v) is 13.6. The first kappa shape index (κ1) is 26.9. The predicted molar refractivity (Wildman–Crippen MR) is 143 cm³/mol. The van der Waals surface area contributed by atoms with Crippen molar-refractivity contribution in [2.75, 3.05) is 48.2 Å². The molecule has 2 heterocycles. The van der Waals surface area contributed by atoms with E-state index in [0.717, 1.165) is 48.9 Å². The van der Waals surface area contributed by atoms with Gasteiger partial charge in [-0.1, -0.05) is 30.5 Å². The lowest BCUT2D eigenvalue weighted by molar-refractivity contribution is 0.379. The summed E-state index contributed by atoms with van der Waals surface area (Å²) in [5.41, 5.74) is 2.58. The molecule has 1 aliphatic carbocycles. The summed E-state index contributed by atoms with van der Waals surface area (Å²) in [6.07, 6.45) is 7.34. The minimum absolute atomic E-state index is 0.146. The molecule has 2 aliphatic rings. The lowest BCUT2D eigenvalue weighted by Gasteiger charge is -2.32. The summed E-state index contributed by atoms with van der Waals surface area (Å²) < 4.78 is 51.9. The van der Waals surface area contributed by atoms with E-state index in [1.807, 2.05) is 30.1 Å². The average Bonchev–Trinajstić information content (AvgIpc) is 2.95. The molecule has 1 saturated carbocycles. The van der Waals surface area contributed by atoms with Gasteiger partial charge in [-0.2, -0.15) is 9.29 Å². The van der Waals surface area contributed by atoms with Crippen molar-refractivity contribution in [1.29, 1.82) is 0 Å². The van der Waals surface area contributed by atoms with Gasteiger partial charge in [-0.05, 0) is 30.5 Å². The molecule has 198 valence electrons. The molecule has 11 nitrogen and oxygen atoms in total. The van der Waals surface area contributed by atoms with E-state index < -0.39 is 20.0 Å². The number of hydrogen-bond donors (Lipinski definition) is 3. The van der Waals surface area contributed by atoms with Crippen LogP contribution >= 0.6 is 11.6 Å². The van der Waals surface area contributed by atoms with Crippen LogP contribution in [0.25, 0.3) is 0 Å². The van der Waals surface area contributed by atoms with Gasteiger partial charge in [-0.15, -0.1) is 0 Å². The molecule has 0 unspecified atom stereocenters. The first-order chi connectivity index (χ1) is 16.9. The molecule has 0 radical (unpaired) electrons. The zero-order valence-corrected chi connectivity index (χ0v) is 22.9. The van der Waals surface area contributed by atoms with Crippen LogP contribution in [0.4, 0.5) is 23.1 Å². The summed E-state index contributed by atoms with van der Waals surface area (Å²) in [5, 5.41) is 6.85. The maximum absolute atomic E-state index is 12.1. The van der Waals surface area contributed by atoms with Gasteiger partial charge in [0.25, 0.3) is 0 Å². The SMILES string of the molecule is CN1CCN(S(C)(=O)=O)Cc2ccc(Nc3ncc(Cl)c(N[C@@H]4CCCC[C@H]4NS(C)(=O)=O)n3)cc21. The Hall–Kier alpha value is -2.19. The first-order valence-electron chi connectivity index (χ1n) is 11.7. The van der Waals surface area contributed by atoms with Gasteiger partial charge in [0.05, 0.1) is 18.7 Å². The molecule has 14 heteroatoms. The quantitative estimate of drug-likeness (QED) is 0.468. The van der Waals surface area contributed by atoms with Crippen LogP contribution in [0.1, 0.15) is 31.2 Å². The van der Waals surface area contributed by atoms with Gasteiger partial charge < -0.3 is 15.5 Å². The van der Waals surface area contributed by atoms with Crippen molar-refractivity contribution in [3.8, 4) is 0 Å². The van der Waals surface area contributed by atoms with E-state index in [0.29, 0.717) is 36.4 Å². The Balaban J connectivity index is 1.53. The molecule has 0 bridgehead atoms. The van der Waals surface area contributed by atoms with Crippen molar-refractivity contribution in [1.82, 2.24) is 19.0 Å². The van der Waals surface area contributed by atoms with Crippen molar-refractivity contribution >= 4 is 54.8 Å². The van der Waals surface area contributed by atoms with Gasteiger partial charge in [-0.3, -0.25) is 0 Å². The molecule has 2 atom stereocenters. The summed E-state index contributed by atoms with van der Waals surface area (Å²) in [6, 6.07) is 5.31. The van der Waals surface area contributed by atoms with E-state index in [9.17, 15) is 16.8 Å². The van der Waals surface area contributed by atoms with Gasteiger partial charge in [0.2, 0.25) is 26.0 Å². The summed E-state index contributed by atoms with van der Waals surface area (Å²) in [4.78, 5) is 10.9. The highest BCUT2D eigenvalue weighted by molar-refractivity contribution is 7.88. The maximum atomic E-state index is 12.1. The van der Waals surface area contributed by atoms with E-state index in [-0.39, 0.29) is 12.1 Å². The number of halogens is 1. The zero-order chi connectivity index (χ0) is 26.1. The zero-order valence-electron chi connectivity index (χ0n) is 20.5. The number of nitrogens with one attached hydrogen (secondary N) is 3. The van der Waals surface area contributed by atoms with Crippen LogP contribution in [-0.4, -0.2) is 75.8 Å². The fourth-order valence-electron chi connectivity index (χ4n) is 4.62. The van der Waals surface area contributed by atoms with Crippen LogP contribution in [-0.2, 0) is 26.6 Å². The lowest BCUT2D eigenvalue weighted by Crippen LogP contribution is -2.48. The van der Waals surface area contributed by atoms with Crippen molar-refractivity contribution in [3.05, 3.63) is 35.0 Å². The largest absolute Gasteiger partial charge is 0.373 e. The van der Waals surface area contributed by atoms with E-state index in [4.69, 9.17) is 11.6 Å². The molecule has 0 saturated heterocycles. The molecule has 1 aromatic heterocycles. The van der Waals surface area contributed by atoms with Gasteiger partial charge in [0.1, 0.15) is 5.02 Å². The molecule has 1 fully saturated rings. The van der Waals surface area contributed by atoms with Crippen molar-refractivity contribution < 1.29 is 16.8 Å². The van der Waals surface area contributed by atoms with E-state index in [1.165, 1.54) is 16.8 Å². The Bertz CT molecular complexity index is 1320. The number of nitrogens with zero attached hydrogens (tertiary/aromatic N) is 4. The molecule has 2 aromatic rings. The molecule has 0 spiro atoms. The minimum atomic E-state index is -3.34. The van der Waals surface area contributed by atoms with E-state index >= 15 is 0 Å². The Kier molecular flexibility index (Phi) is 7.95. The van der Waals surface area contributed by atoms with E-state index in [1.54, 1.807) is 0 Å². The molecule has 36 heavy (non-hydrogen) atoms. The highest BCUT2D eigenvalue weighted by Gasteiger charge is 2.28. The molecule has 4 rings (SSSR count). The standard InChI is InChI=1S/C22H32ClN7O4S2/c1-29-10-11-30(36(3,33)34)14-15-8-9-16(12-20(15)29)25-22-24-13-17(23)21(27-22)26-18-6-4-5-7-19(18)28-35(2,31)32/h8-9,12-13,18-19,28H,4-7,10-11,14H2,1-3H3,(H2,24,25,26,27)/t18-,19-/m1/s1. The number of aromatic nitrogens is 2. The Morgan fingerprint density at radius 1 is 1.06 bits per heavy atom. The second kappa shape index (κ2) is 10.7. The number of rotatable bonds is 7. The van der Waals surface area contributed by atoms with Crippen LogP contribution in [0.2, 0.25) is 5.02 Å². The monoisotopic (exact) mass is 557 g/mol. The fraction of sp³-hybridized carbons (Fsp3) is 0.545. The topological polar surface area (TPSA) is 137 Å². The van der Waals surface area contributed by atoms with Crippen LogP contribution < -0.4 is 20.3 Å². The number of hydrogen-bond acceptors (Lipinski definition) is 9. The predicted octanol–water partition coefficient (Wildman–Crippen LogP) is 2.36. The van der Waals surface area contributed by atoms with Gasteiger partial charge in [0.15, 0.2) is 5.82 Å². The minimum Gasteiger partial charge on any atom is -0.373 e. The van der Waals surface area contributed by atoms with Crippen LogP contribution in [0, 0.1) is 0 Å². The third-order valence-electron chi connectivity index (χ3n) is 6.45. The summed E-state index contributed by atoms with van der Waals surface area (Å²) >= 11 is 6.37. The average molecular weight is 558 g/mol. The number of likely N-dealkylation sites (N-methyl/N-ethyl adjacent to an activating group) is 1. The van der Waals surface area contributed by atoms with Crippen molar-refractivity contribution in [2.45, 2.75) is 44.3 Å². The first-order valence-corrected chi connectivity index (χ1v) is 15.8. The summed E-state index contributed by atoms with van der Waals surface area (Å²) in [7, 11) is -4.71. The smallest absolute Gasteiger partial charge is 0.229 e. The van der Waals surface area contributed by atoms with Crippen LogP contribution in [0.15, 0.2) is 24.4 Å². The molecular formula is C22H32ClN7O4S2. The van der Waals surface area contributed by atoms with Gasteiger partial charge in [0, 0.05) is 50.1 Å². The molecular weight excluding hydrogens is 526 g/mol. The van der Waals surface area contributed by atoms with Gasteiger partial charge >= 0.3 is 0 Å². The molecule has 1 aliphatic heterocycles. The van der Waals surface area contributed by atoms with E-state index in [2.05, 4.69) is 25.3 Å². The van der Waals surface area contributed by atoms with Crippen molar-refractivity contribution in [3.63, 3.8) is 0 Å². The van der Waals surface area contributed by atoms with Crippen molar-refractivity contribution in [2.24, 2.45) is 0 Å². The Morgan fingerprint density at radius 3 is 2.47 bits per heavy atom. The third-order valence-corrected chi connectivity index (χ3v) is 8.71. The highest BCUT2D eigenvalue weighted by atomic mass is 35.5. The maximum Gasteiger partial charge on any atom is 0.229 e. The van der Waals surface area contributed by atoms with Crippen LogP contribution in [0.3, 0.4) is 0 Å². The molecule has 1 aromatic carbocycles. The fourth-order valence-corrected chi connectivity index (χ4v) is 6.38. The Labute approximate surface area is 217 Å². The second-order valence-electron chi connectivity index (χ2n) is 9.41. The normalized spacial score (nSPS) is 21.5. The third kappa shape index (κ3) is 6.76. The number of fused-ring (bicyclic) bond motifs is 1. The summed E-state index contributed by atoms with van der Waals surface area (Å²) in [6.45, 7) is 1.30. The van der Waals surface area contributed by atoms with Gasteiger partial charge in [-0.25, -0.2) is 26.5 Å². The molecule has 3 N–H and O–H groups in total. The molecule has 0 amide bonds. The number of anilines is 4. The number of sulfonamides is 2. The Morgan fingerprint density at radius 2 is 1.78 bits per heavy atom. The highest BCUT2D eigenvalue weighted by Crippen LogP contribution is 2.31. The lowest BCUT2D eigenvalue weighted by atomic mass is 9.91. The number of benzene rings is 1. The van der Waals surface area contributed by atoms with Crippen LogP contribution in [0.5, 0.6) is 0 Å². The summed E-state index contributed by atoms with van der Waals surface area (Å²) in [5.74, 6) is 0.761.